The Kier molecular flexibility index (Phi) is 5.21. The van der Waals surface area contributed by atoms with Crippen LogP contribution in [0.1, 0.15) is 37.3 Å². The van der Waals surface area contributed by atoms with E-state index in [9.17, 15) is 4.79 Å². The third kappa shape index (κ3) is 3.67. The normalized spacial score (nSPS) is 13.4. The molecule has 2 atom stereocenters. The van der Waals surface area contributed by atoms with Gasteiger partial charge in [0.25, 0.3) is 0 Å². The van der Waals surface area contributed by atoms with Gasteiger partial charge >= 0.3 is 0 Å². The molecular weight excluding hydrogens is 272 g/mol. The third-order valence-corrected chi connectivity index (χ3v) is 4.20. The van der Waals surface area contributed by atoms with Gasteiger partial charge in [-0.25, -0.2) is 0 Å². The summed E-state index contributed by atoms with van der Waals surface area (Å²) in [7, 11) is 0. The lowest BCUT2D eigenvalue weighted by Crippen LogP contribution is -2.26. The Labute approximate surface area is 132 Å². The van der Waals surface area contributed by atoms with Crippen molar-refractivity contribution in [2.45, 2.75) is 33.1 Å². The summed E-state index contributed by atoms with van der Waals surface area (Å²) in [4.78, 5) is 12.8. The van der Waals surface area contributed by atoms with Crippen LogP contribution in [0.15, 0.2) is 48.5 Å². The van der Waals surface area contributed by atoms with E-state index in [1.807, 2.05) is 55.5 Å². The summed E-state index contributed by atoms with van der Waals surface area (Å²) in [5, 5.41) is 3.00. The lowest BCUT2D eigenvalue weighted by atomic mass is 9.85. The molecule has 0 aromatic heterocycles. The molecule has 1 amide bonds. The zero-order chi connectivity index (χ0) is 16.1. The SMILES string of the molecule is CCC(C)C(C(=O)Nc1ccc(C)c(N)c1)c1ccccc1. The molecule has 3 heteroatoms. The van der Waals surface area contributed by atoms with E-state index in [1.54, 1.807) is 0 Å². The molecule has 0 fully saturated rings. The number of benzene rings is 2. The highest BCUT2D eigenvalue weighted by atomic mass is 16.1. The Bertz CT molecular complexity index is 637. The molecule has 0 aliphatic carbocycles. The van der Waals surface area contributed by atoms with E-state index >= 15 is 0 Å². The molecule has 3 N–H and O–H groups in total. The fourth-order valence-electron chi connectivity index (χ4n) is 2.57. The monoisotopic (exact) mass is 296 g/mol. The second-order valence-corrected chi connectivity index (χ2v) is 5.83. The van der Waals surface area contributed by atoms with Gasteiger partial charge in [-0.3, -0.25) is 4.79 Å². The summed E-state index contributed by atoms with van der Waals surface area (Å²) in [6, 6.07) is 15.6. The first-order valence-electron chi connectivity index (χ1n) is 7.74. The van der Waals surface area contributed by atoms with Gasteiger partial charge in [-0.2, -0.15) is 0 Å². The number of rotatable bonds is 5. The maximum atomic E-state index is 12.8. The third-order valence-electron chi connectivity index (χ3n) is 4.20. The van der Waals surface area contributed by atoms with Gasteiger partial charge in [-0.1, -0.05) is 56.7 Å². The van der Waals surface area contributed by atoms with E-state index in [1.165, 1.54) is 0 Å². The number of nitrogen functional groups attached to an aromatic ring is 1. The van der Waals surface area contributed by atoms with Crippen molar-refractivity contribution in [2.75, 3.05) is 11.1 Å². The number of amides is 1. The topological polar surface area (TPSA) is 55.1 Å². The van der Waals surface area contributed by atoms with Crippen LogP contribution in [-0.2, 0) is 4.79 Å². The van der Waals surface area contributed by atoms with Gasteiger partial charge in [-0.15, -0.1) is 0 Å². The van der Waals surface area contributed by atoms with Crippen LogP contribution in [-0.4, -0.2) is 5.91 Å². The minimum atomic E-state index is -0.159. The Hall–Kier alpha value is -2.29. The van der Waals surface area contributed by atoms with Gasteiger partial charge in [0.15, 0.2) is 0 Å². The Balaban J connectivity index is 2.24. The smallest absolute Gasteiger partial charge is 0.232 e. The number of aryl methyl sites for hydroxylation is 1. The fraction of sp³-hybridized carbons (Fsp3) is 0.316. The van der Waals surface area contributed by atoms with Crippen molar-refractivity contribution in [3.8, 4) is 0 Å². The van der Waals surface area contributed by atoms with Crippen molar-refractivity contribution >= 4 is 17.3 Å². The second kappa shape index (κ2) is 7.12. The van der Waals surface area contributed by atoms with Gasteiger partial charge in [0.1, 0.15) is 0 Å². The first kappa shape index (κ1) is 16.1. The first-order chi connectivity index (χ1) is 10.5. The number of nitrogens with two attached hydrogens (primary N) is 1. The fourth-order valence-corrected chi connectivity index (χ4v) is 2.57. The van der Waals surface area contributed by atoms with E-state index in [0.29, 0.717) is 5.69 Å². The molecule has 0 spiro atoms. The molecule has 22 heavy (non-hydrogen) atoms. The molecule has 2 unspecified atom stereocenters. The van der Waals surface area contributed by atoms with Crippen LogP contribution in [0.2, 0.25) is 0 Å². The van der Waals surface area contributed by atoms with Gasteiger partial charge in [-0.05, 0) is 36.1 Å². The molecule has 0 aliphatic rings. The van der Waals surface area contributed by atoms with Crippen LogP contribution in [0.25, 0.3) is 0 Å². The minimum Gasteiger partial charge on any atom is -0.398 e. The maximum Gasteiger partial charge on any atom is 0.232 e. The van der Waals surface area contributed by atoms with Gasteiger partial charge in [0.05, 0.1) is 5.92 Å². The highest BCUT2D eigenvalue weighted by Gasteiger charge is 2.25. The van der Waals surface area contributed by atoms with Crippen molar-refractivity contribution in [2.24, 2.45) is 5.92 Å². The average Bonchev–Trinajstić information content (AvgIpc) is 2.52. The van der Waals surface area contributed by atoms with Crippen molar-refractivity contribution in [3.05, 3.63) is 59.7 Å². The Morgan fingerprint density at radius 3 is 2.45 bits per heavy atom. The van der Waals surface area contributed by atoms with Gasteiger partial charge in [0, 0.05) is 11.4 Å². The molecule has 0 saturated heterocycles. The van der Waals surface area contributed by atoms with E-state index in [4.69, 9.17) is 5.73 Å². The predicted molar refractivity (Wildman–Crippen MR) is 92.9 cm³/mol. The Morgan fingerprint density at radius 1 is 1.18 bits per heavy atom. The predicted octanol–water partition coefficient (Wildman–Crippen LogP) is 4.35. The molecule has 116 valence electrons. The van der Waals surface area contributed by atoms with E-state index < -0.39 is 0 Å². The number of carbonyl (C=O) groups is 1. The highest BCUT2D eigenvalue weighted by Crippen LogP contribution is 2.29. The van der Waals surface area contributed by atoms with Crippen molar-refractivity contribution in [3.63, 3.8) is 0 Å². The summed E-state index contributed by atoms with van der Waals surface area (Å²) < 4.78 is 0. The molecule has 2 rings (SSSR count). The summed E-state index contributed by atoms with van der Waals surface area (Å²) in [5.74, 6) is 0.128. The lowest BCUT2D eigenvalue weighted by Gasteiger charge is -2.23. The van der Waals surface area contributed by atoms with Crippen molar-refractivity contribution < 1.29 is 4.79 Å². The van der Waals surface area contributed by atoms with E-state index in [2.05, 4.69) is 19.2 Å². The maximum absolute atomic E-state index is 12.8. The van der Waals surface area contributed by atoms with Crippen LogP contribution < -0.4 is 11.1 Å². The van der Waals surface area contributed by atoms with E-state index in [-0.39, 0.29) is 17.7 Å². The number of anilines is 2. The molecule has 0 radical (unpaired) electrons. The van der Waals surface area contributed by atoms with Crippen molar-refractivity contribution in [1.82, 2.24) is 0 Å². The number of carbonyl (C=O) groups excluding carboxylic acids is 1. The number of hydrogen-bond donors (Lipinski definition) is 2. The van der Waals surface area contributed by atoms with E-state index in [0.717, 1.165) is 23.2 Å². The summed E-state index contributed by atoms with van der Waals surface area (Å²) in [5.41, 5.74) is 9.42. The largest absolute Gasteiger partial charge is 0.398 e. The van der Waals surface area contributed by atoms with Gasteiger partial charge < -0.3 is 11.1 Å². The van der Waals surface area contributed by atoms with Crippen LogP contribution in [0.4, 0.5) is 11.4 Å². The summed E-state index contributed by atoms with van der Waals surface area (Å²) in [6.45, 7) is 6.17. The zero-order valence-corrected chi connectivity index (χ0v) is 13.5. The van der Waals surface area contributed by atoms with Crippen LogP contribution in [0, 0.1) is 12.8 Å². The minimum absolute atomic E-state index is 0.0174. The summed E-state index contributed by atoms with van der Waals surface area (Å²) >= 11 is 0. The molecule has 3 nitrogen and oxygen atoms in total. The molecule has 2 aromatic carbocycles. The zero-order valence-electron chi connectivity index (χ0n) is 13.5. The van der Waals surface area contributed by atoms with Crippen LogP contribution >= 0.6 is 0 Å². The highest BCUT2D eigenvalue weighted by molar-refractivity contribution is 5.96. The molecule has 0 bridgehead atoms. The number of nitrogens with one attached hydrogen (secondary N) is 1. The Morgan fingerprint density at radius 2 is 1.86 bits per heavy atom. The number of hydrogen-bond acceptors (Lipinski definition) is 2. The summed E-state index contributed by atoms with van der Waals surface area (Å²) in [6.07, 6.45) is 0.947. The van der Waals surface area contributed by atoms with Crippen LogP contribution in [0.5, 0.6) is 0 Å². The molecular formula is C19H24N2O. The van der Waals surface area contributed by atoms with Crippen molar-refractivity contribution in [1.29, 1.82) is 0 Å². The molecule has 0 saturated carbocycles. The molecule has 2 aromatic rings. The lowest BCUT2D eigenvalue weighted by molar-refractivity contribution is -0.118. The average molecular weight is 296 g/mol. The second-order valence-electron chi connectivity index (χ2n) is 5.83. The molecule has 0 heterocycles. The standard InChI is InChI=1S/C19H24N2O/c1-4-13(2)18(15-8-6-5-7-9-15)19(22)21-16-11-10-14(3)17(20)12-16/h5-13,18H,4,20H2,1-3H3,(H,21,22). The van der Waals surface area contributed by atoms with Crippen LogP contribution in [0.3, 0.4) is 0 Å². The molecule has 0 aliphatic heterocycles. The van der Waals surface area contributed by atoms with Gasteiger partial charge in [0.2, 0.25) is 5.91 Å². The first-order valence-corrected chi connectivity index (χ1v) is 7.74. The quantitative estimate of drug-likeness (QED) is 0.806.